The first kappa shape index (κ1) is 11.4. The molecular weight excluding hydrogens is 240 g/mol. The molecule has 2 aromatic heterocycles. The molecule has 0 aliphatic carbocycles. The Morgan fingerprint density at radius 3 is 2.78 bits per heavy atom. The molecule has 3 aromatic rings. The minimum atomic E-state index is 0.0368. The number of hydrogen-bond acceptors (Lipinski definition) is 3. The van der Waals surface area contributed by atoms with Gasteiger partial charge >= 0.3 is 0 Å². The Labute approximate surface area is 110 Å². The van der Waals surface area contributed by atoms with Crippen molar-refractivity contribution in [3.8, 4) is 0 Å². The molecule has 18 heavy (non-hydrogen) atoms. The van der Waals surface area contributed by atoms with E-state index >= 15 is 0 Å². The summed E-state index contributed by atoms with van der Waals surface area (Å²) in [5, 5.41) is 3.40. The lowest BCUT2D eigenvalue weighted by atomic mass is 9.99. The molecule has 3 heteroatoms. The smallest absolute Gasteiger partial charge is 0.0390 e. The SMILES string of the molecule is NC(Cc1ccncc1)c1cccc2ccsc12. The van der Waals surface area contributed by atoms with Crippen LogP contribution in [0.2, 0.25) is 0 Å². The maximum atomic E-state index is 6.34. The average molecular weight is 254 g/mol. The summed E-state index contributed by atoms with van der Waals surface area (Å²) in [4.78, 5) is 4.03. The van der Waals surface area contributed by atoms with E-state index in [4.69, 9.17) is 5.73 Å². The normalized spacial score (nSPS) is 12.7. The summed E-state index contributed by atoms with van der Waals surface area (Å²) < 4.78 is 1.30. The number of aromatic nitrogens is 1. The van der Waals surface area contributed by atoms with Gasteiger partial charge in [-0.1, -0.05) is 18.2 Å². The molecule has 0 saturated carbocycles. The summed E-state index contributed by atoms with van der Waals surface area (Å²) in [7, 11) is 0. The van der Waals surface area contributed by atoms with Gasteiger partial charge in [0.2, 0.25) is 0 Å². The zero-order chi connectivity index (χ0) is 12.4. The molecule has 0 saturated heterocycles. The second-order valence-electron chi connectivity index (χ2n) is 4.35. The van der Waals surface area contributed by atoms with Crippen LogP contribution in [0.4, 0.5) is 0 Å². The number of nitrogens with two attached hydrogens (primary N) is 1. The van der Waals surface area contributed by atoms with E-state index in [1.807, 2.05) is 24.5 Å². The van der Waals surface area contributed by atoms with Crippen LogP contribution in [0.3, 0.4) is 0 Å². The summed E-state index contributed by atoms with van der Waals surface area (Å²) in [5.74, 6) is 0. The van der Waals surface area contributed by atoms with Gasteiger partial charge in [0.25, 0.3) is 0 Å². The Balaban J connectivity index is 1.92. The second-order valence-corrected chi connectivity index (χ2v) is 5.27. The van der Waals surface area contributed by atoms with Gasteiger partial charge in [-0.2, -0.15) is 0 Å². The fraction of sp³-hybridized carbons (Fsp3) is 0.133. The lowest BCUT2D eigenvalue weighted by molar-refractivity contribution is 0.728. The van der Waals surface area contributed by atoms with E-state index in [1.165, 1.54) is 21.2 Å². The van der Waals surface area contributed by atoms with Crippen LogP contribution in [0, 0.1) is 0 Å². The van der Waals surface area contributed by atoms with E-state index in [2.05, 4.69) is 34.6 Å². The molecule has 0 radical (unpaired) electrons. The standard InChI is InChI=1S/C15H14N2S/c16-14(10-11-4-7-17-8-5-11)13-3-1-2-12-6-9-18-15(12)13/h1-9,14H,10,16H2. The van der Waals surface area contributed by atoms with Crippen molar-refractivity contribution in [2.75, 3.05) is 0 Å². The fourth-order valence-electron chi connectivity index (χ4n) is 2.19. The van der Waals surface area contributed by atoms with Crippen LogP contribution < -0.4 is 5.73 Å². The van der Waals surface area contributed by atoms with Crippen LogP contribution >= 0.6 is 11.3 Å². The minimum absolute atomic E-state index is 0.0368. The van der Waals surface area contributed by atoms with Crippen molar-refractivity contribution in [3.05, 3.63) is 65.3 Å². The van der Waals surface area contributed by atoms with Gasteiger partial charge in [0.1, 0.15) is 0 Å². The molecular formula is C15H14N2S. The summed E-state index contributed by atoms with van der Waals surface area (Å²) in [5.41, 5.74) is 8.80. The zero-order valence-corrected chi connectivity index (χ0v) is 10.7. The first-order chi connectivity index (χ1) is 8.84. The average Bonchev–Trinajstić information content (AvgIpc) is 2.87. The number of thiophene rings is 1. The van der Waals surface area contributed by atoms with Crippen molar-refractivity contribution < 1.29 is 0 Å². The largest absolute Gasteiger partial charge is 0.324 e. The van der Waals surface area contributed by atoms with Gasteiger partial charge in [-0.05, 0) is 46.5 Å². The lowest BCUT2D eigenvalue weighted by Gasteiger charge is -2.13. The highest BCUT2D eigenvalue weighted by Crippen LogP contribution is 2.29. The molecule has 2 N–H and O–H groups in total. The van der Waals surface area contributed by atoms with Crippen LogP contribution in [0.15, 0.2) is 54.2 Å². The van der Waals surface area contributed by atoms with Crippen LogP contribution in [-0.4, -0.2) is 4.98 Å². The molecule has 1 aromatic carbocycles. The van der Waals surface area contributed by atoms with E-state index in [0.717, 1.165) is 6.42 Å². The van der Waals surface area contributed by atoms with Gasteiger partial charge in [-0.3, -0.25) is 4.98 Å². The van der Waals surface area contributed by atoms with Crippen LogP contribution in [0.25, 0.3) is 10.1 Å². The monoisotopic (exact) mass is 254 g/mol. The summed E-state index contributed by atoms with van der Waals surface area (Å²) in [6.07, 6.45) is 4.47. The number of hydrogen-bond donors (Lipinski definition) is 1. The molecule has 2 heterocycles. The molecule has 0 aliphatic rings. The number of pyridine rings is 1. The van der Waals surface area contributed by atoms with E-state index in [9.17, 15) is 0 Å². The second kappa shape index (κ2) is 4.88. The van der Waals surface area contributed by atoms with Crippen LogP contribution in [-0.2, 0) is 6.42 Å². The van der Waals surface area contributed by atoms with Crippen molar-refractivity contribution in [3.63, 3.8) is 0 Å². The number of benzene rings is 1. The Kier molecular flexibility index (Phi) is 3.09. The number of nitrogens with zero attached hydrogens (tertiary/aromatic N) is 1. The van der Waals surface area contributed by atoms with E-state index in [-0.39, 0.29) is 6.04 Å². The Morgan fingerprint density at radius 1 is 1.11 bits per heavy atom. The molecule has 1 atom stereocenters. The van der Waals surface area contributed by atoms with Crippen LogP contribution in [0.5, 0.6) is 0 Å². The maximum absolute atomic E-state index is 6.34. The van der Waals surface area contributed by atoms with Gasteiger partial charge in [0.15, 0.2) is 0 Å². The highest BCUT2D eigenvalue weighted by molar-refractivity contribution is 7.17. The summed E-state index contributed by atoms with van der Waals surface area (Å²) in [6, 6.07) is 12.6. The van der Waals surface area contributed by atoms with Crippen molar-refractivity contribution in [1.82, 2.24) is 4.98 Å². The van der Waals surface area contributed by atoms with Crippen molar-refractivity contribution in [2.24, 2.45) is 5.73 Å². The molecule has 90 valence electrons. The summed E-state index contributed by atoms with van der Waals surface area (Å²) >= 11 is 1.76. The van der Waals surface area contributed by atoms with E-state index < -0.39 is 0 Å². The first-order valence-corrected chi connectivity index (χ1v) is 6.83. The Bertz CT molecular complexity index is 646. The molecule has 0 spiro atoms. The lowest BCUT2D eigenvalue weighted by Crippen LogP contribution is -2.13. The Morgan fingerprint density at radius 2 is 1.94 bits per heavy atom. The Hall–Kier alpha value is -1.71. The van der Waals surface area contributed by atoms with Crippen LogP contribution in [0.1, 0.15) is 17.2 Å². The maximum Gasteiger partial charge on any atom is 0.0390 e. The molecule has 3 rings (SSSR count). The van der Waals surface area contributed by atoms with Crippen molar-refractivity contribution >= 4 is 21.4 Å². The first-order valence-electron chi connectivity index (χ1n) is 5.95. The van der Waals surface area contributed by atoms with Gasteiger partial charge in [-0.15, -0.1) is 11.3 Å². The molecule has 0 fully saturated rings. The third-order valence-corrected chi connectivity index (χ3v) is 4.09. The number of fused-ring (bicyclic) bond motifs is 1. The fourth-order valence-corrected chi connectivity index (χ4v) is 3.17. The zero-order valence-electron chi connectivity index (χ0n) is 9.91. The quantitative estimate of drug-likeness (QED) is 0.776. The molecule has 1 unspecified atom stereocenters. The van der Waals surface area contributed by atoms with Gasteiger partial charge in [-0.25, -0.2) is 0 Å². The van der Waals surface area contributed by atoms with E-state index in [0.29, 0.717) is 0 Å². The minimum Gasteiger partial charge on any atom is -0.324 e. The number of rotatable bonds is 3. The topological polar surface area (TPSA) is 38.9 Å². The van der Waals surface area contributed by atoms with Gasteiger partial charge < -0.3 is 5.73 Å². The molecule has 0 bridgehead atoms. The highest BCUT2D eigenvalue weighted by Gasteiger charge is 2.11. The third kappa shape index (κ3) is 2.15. The predicted molar refractivity (Wildman–Crippen MR) is 76.7 cm³/mol. The van der Waals surface area contributed by atoms with E-state index in [1.54, 1.807) is 11.3 Å². The molecule has 2 nitrogen and oxygen atoms in total. The van der Waals surface area contributed by atoms with Gasteiger partial charge in [0, 0.05) is 23.1 Å². The third-order valence-electron chi connectivity index (χ3n) is 3.11. The van der Waals surface area contributed by atoms with Gasteiger partial charge in [0.05, 0.1) is 0 Å². The molecule has 0 aliphatic heterocycles. The highest BCUT2D eigenvalue weighted by atomic mass is 32.1. The summed E-state index contributed by atoms with van der Waals surface area (Å²) in [6.45, 7) is 0. The van der Waals surface area contributed by atoms with Crippen molar-refractivity contribution in [1.29, 1.82) is 0 Å². The van der Waals surface area contributed by atoms with Crippen molar-refractivity contribution in [2.45, 2.75) is 12.5 Å². The predicted octanol–water partition coefficient (Wildman–Crippen LogP) is 3.54. The molecule has 0 amide bonds.